The van der Waals surface area contributed by atoms with Crippen molar-refractivity contribution in [1.29, 1.82) is 0 Å². The van der Waals surface area contributed by atoms with Crippen LogP contribution in [0.1, 0.15) is 0 Å². The summed E-state index contributed by atoms with van der Waals surface area (Å²) in [6, 6.07) is 9.26. The molecule has 0 aliphatic carbocycles. The van der Waals surface area contributed by atoms with Crippen molar-refractivity contribution in [2.24, 2.45) is 0 Å². The lowest BCUT2D eigenvalue weighted by Gasteiger charge is -2.07. The second-order valence-electron chi connectivity index (χ2n) is 3.84. The Morgan fingerprint density at radius 1 is 1.05 bits per heavy atom. The minimum Gasteiger partial charge on any atom is -0.434 e. The standard InChI is InChI=1S/C13H9BrN4O/c14-8-5-9(7-16-6-8)19-13-12(15)17-10-3-1-2-4-11(10)18-13/h1-7H,(H2,15,17). The molecule has 2 aromatic heterocycles. The summed E-state index contributed by atoms with van der Waals surface area (Å²) in [5.74, 6) is 1.07. The van der Waals surface area contributed by atoms with E-state index in [-0.39, 0.29) is 11.7 Å². The monoisotopic (exact) mass is 316 g/mol. The highest BCUT2D eigenvalue weighted by Crippen LogP contribution is 2.27. The first kappa shape index (κ1) is 11.9. The molecule has 0 fully saturated rings. The Hall–Kier alpha value is -2.21. The Bertz CT molecular complexity index is 748. The van der Waals surface area contributed by atoms with Gasteiger partial charge in [0, 0.05) is 10.7 Å². The smallest absolute Gasteiger partial charge is 0.263 e. The molecule has 2 heterocycles. The number of benzene rings is 1. The first-order chi connectivity index (χ1) is 9.22. The van der Waals surface area contributed by atoms with Crippen molar-refractivity contribution in [2.45, 2.75) is 0 Å². The summed E-state index contributed by atoms with van der Waals surface area (Å²) in [6.07, 6.45) is 3.25. The molecule has 0 aliphatic rings. The highest BCUT2D eigenvalue weighted by atomic mass is 79.9. The SMILES string of the molecule is Nc1nc2ccccc2nc1Oc1cncc(Br)c1. The molecule has 0 aliphatic heterocycles. The summed E-state index contributed by atoms with van der Waals surface area (Å²) in [4.78, 5) is 12.6. The van der Waals surface area contributed by atoms with Gasteiger partial charge in [0.15, 0.2) is 5.82 Å². The Kier molecular flexibility index (Phi) is 3.00. The number of halogens is 1. The van der Waals surface area contributed by atoms with E-state index in [0.717, 1.165) is 15.5 Å². The van der Waals surface area contributed by atoms with E-state index in [4.69, 9.17) is 10.5 Å². The number of para-hydroxylation sites is 2. The van der Waals surface area contributed by atoms with Crippen LogP contribution in [0.15, 0.2) is 47.2 Å². The number of nitrogens with zero attached hydrogens (tertiary/aromatic N) is 3. The summed E-state index contributed by atoms with van der Waals surface area (Å²) in [5, 5.41) is 0. The molecule has 0 spiro atoms. The quantitative estimate of drug-likeness (QED) is 0.786. The van der Waals surface area contributed by atoms with E-state index >= 15 is 0 Å². The van der Waals surface area contributed by atoms with E-state index < -0.39 is 0 Å². The van der Waals surface area contributed by atoms with Gasteiger partial charge in [-0.1, -0.05) is 12.1 Å². The molecule has 5 nitrogen and oxygen atoms in total. The second kappa shape index (κ2) is 4.81. The number of hydrogen-bond donors (Lipinski definition) is 1. The predicted octanol–water partition coefficient (Wildman–Crippen LogP) is 3.16. The Morgan fingerprint density at radius 2 is 1.79 bits per heavy atom. The van der Waals surface area contributed by atoms with Gasteiger partial charge in [-0.15, -0.1) is 0 Å². The maximum atomic E-state index is 5.84. The molecule has 0 atom stereocenters. The number of aromatic nitrogens is 3. The van der Waals surface area contributed by atoms with Gasteiger partial charge < -0.3 is 10.5 Å². The van der Waals surface area contributed by atoms with Gasteiger partial charge in [0.25, 0.3) is 5.88 Å². The van der Waals surface area contributed by atoms with Crippen LogP contribution in [0, 0.1) is 0 Å². The van der Waals surface area contributed by atoms with Crippen LogP contribution in [-0.4, -0.2) is 15.0 Å². The van der Waals surface area contributed by atoms with Crippen molar-refractivity contribution in [2.75, 3.05) is 5.73 Å². The summed E-state index contributed by atoms with van der Waals surface area (Å²) in [6.45, 7) is 0. The maximum Gasteiger partial charge on any atom is 0.263 e. The number of fused-ring (bicyclic) bond motifs is 1. The van der Waals surface area contributed by atoms with Gasteiger partial charge in [0.1, 0.15) is 5.75 Å². The van der Waals surface area contributed by atoms with Crippen molar-refractivity contribution in [1.82, 2.24) is 15.0 Å². The molecule has 6 heteroatoms. The summed E-state index contributed by atoms with van der Waals surface area (Å²) < 4.78 is 6.42. The molecule has 19 heavy (non-hydrogen) atoms. The number of anilines is 1. The fourth-order valence-corrected chi connectivity index (χ4v) is 1.98. The van der Waals surface area contributed by atoms with Crippen LogP contribution < -0.4 is 10.5 Å². The second-order valence-corrected chi connectivity index (χ2v) is 4.76. The van der Waals surface area contributed by atoms with Crippen molar-refractivity contribution >= 4 is 32.8 Å². The first-order valence-electron chi connectivity index (χ1n) is 5.53. The van der Waals surface area contributed by atoms with E-state index in [1.807, 2.05) is 24.3 Å². The zero-order valence-corrected chi connectivity index (χ0v) is 11.3. The molecule has 0 saturated carbocycles. The number of ether oxygens (including phenoxy) is 1. The van der Waals surface area contributed by atoms with Gasteiger partial charge >= 0.3 is 0 Å². The summed E-state index contributed by atoms with van der Waals surface area (Å²) in [5.41, 5.74) is 7.31. The van der Waals surface area contributed by atoms with Gasteiger partial charge in [-0.05, 0) is 34.1 Å². The first-order valence-corrected chi connectivity index (χ1v) is 6.32. The average Bonchev–Trinajstić information content (AvgIpc) is 2.40. The lowest BCUT2D eigenvalue weighted by molar-refractivity contribution is 0.463. The molecule has 3 aromatic rings. The molecule has 0 unspecified atom stereocenters. The molecule has 0 amide bonds. The lowest BCUT2D eigenvalue weighted by Crippen LogP contribution is -1.99. The number of pyridine rings is 1. The lowest BCUT2D eigenvalue weighted by atomic mass is 10.3. The van der Waals surface area contributed by atoms with Crippen LogP contribution in [0.4, 0.5) is 5.82 Å². The van der Waals surface area contributed by atoms with Crippen LogP contribution in [0.2, 0.25) is 0 Å². The summed E-state index contributed by atoms with van der Waals surface area (Å²) in [7, 11) is 0. The van der Waals surface area contributed by atoms with Gasteiger partial charge in [0.2, 0.25) is 0 Å². The van der Waals surface area contributed by atoms with E-state index in [2.05, 4.69) is 30.9 Å². The van der Waals surface area contributed by atoms with E-state index in [0.29, 0.717) is 5.75 Å². The number of nitrogens with two attached hydrogens (primary N) is 1. The molecule has 3 rings (SSSR count). The molecule has 0 saturated heterocycles. The maximum absolute atomic E-state index is 5.84. The van der Waals surface area contributed by atoms with Crippen LogP contribution in [0.3, 0.4) is 0 Å². The molecule has 94 valence electrons. The van der Waals surface area contributed by atoms with Crippen molar-refractivity contribution in [3.8, 4) is 11.6 Å². The third-order valence-corrected chi connectivity index (χ3v) is 2.89. The van der Waals surface area contributed by atoms with Gasteiger partial charge in [-0.2, -0.15) is 0 Å². The molecule has 2 N–H and O–H groups in total. The summed E-state index contributed by atoms with van der Waals surface area (Å²) >= 11 is 3.32. The van der Waals surface area contributed by atoms with Crippen molar-refractivity contribution < 1.29 is 4.74 Å². The fourth-order valence-electron chi connectivity index (χ4n) is 1.63. The zero-order valence-electron chi connectivity index (χ0n) is 9.75. The van der Waals surface area contributed by atoms with Crippen LogP contribution >= 0.6 is 15.9 Å². The van der Waals surface area contributed by atoms with Crippen LogP contribution in [-0.2, 0) is 0 Å². The van der Waals surface area contributed by atoms with E-state index in [9.17, 15) is 0 Å². The Morgan fingerprint density at radius 3 is 2.53 bits per heavy atom. The fraction of sp³-hybridized carbons (Fsp3) is 0. The topological polar surface area (TPSA) is 73.9 Å². The third kappa shape index (κ3) is 2.48. The van der Waals surface area contributed by atoms with Crippen LogP contribution in [0.25, 0.3) is 11.0 Å². The molecule has 0 bridgehead atoms. The minimum atomic E-state index is 0.249. The number of nitrogen functional groups attached to an aromatic ring is 1. The minimum absolute atomic E-state index is 0.249. The number of rotatable bonds is 2. The molecule has 0 radical (unpaired) electrons. The van der Waals surface area contributed by atoms with Crippen molar-refractivity contribution in [3.63, 3.8) is 0 Å². The highest BCUT2D eigenvalue weighted by Gasteiger charge is 2.08. The largest absolute Gasteiger partial charge is 0.434 e. The van der Waals surface area contributed by atoms with Gasteiger partial charge in [-0.25, -0.2) is 9.97 Å². The van der Waals surface area contributed by atoms with Gasteiger partial charge in [0.05, 0.1) is 17.2 Å². The Labute approximate surface area is 117 Å². The van der Waals surface area contributed by atoms with E-state index in [1.54, 1.807) is 18.5 Å². The predicted molar refractivity (Wildman–Crippen MR) is 76.0 cm³/mol. The van der Waals surface area contributed by atoms with Gasteiger partial charge in [-0.3, -0.25) is 4.98 Å². The normalized spacial score (nSPS) is 10.6. The molecular weight excluding hydrogens is 308 g/mol. The number of hydrogen-bond acceptors (Lipinski definition) is 5. The molecule has 1 aromatic carbocycles. The molecular formula is C13H9BrN4O. The van der Waals surface area contributed by atoms with Crippen molar-refractivity contribution in [3.05, 3.63) is 47.2 Å². The average molecular weight is 317 g/mol. The highest BCUT2D eigenvalue weighted by molar-refractivity contribution is 9.10. The zero-order chi connectivity index (χ0) is 13.2. The van der Waals surface area contributed by atoms with Crippen LogP contribution in [0.5, 0.6) is 11.6 Å². The Balaban J connectivity index is 2.03. The van der Waals surface area contributed by atoms with E-state index in [1.165, 1.54) is 0 Å². The third-order valence-electron chi connectivity index (χ3n) is 2.46.